The van der Waals surface area contributed by atoms with Crippen molar-refractivity contribution < 1.29 is 0 Å². The highest BCUT2D eigenvalue weighted by atomic mass is 15.2. The lowest BCUT2D eigenvalue weighted by Crippen LogP contribution is -2.52. The van der Waals surface area contributed by atoms with Crippen molar-refractivity contribution in [2.45, 2.75) is 71.9 Å². The first kappa shape index (κ1) is 14.3. The summed E-state index contributed by atoms with van der Waals surface area (Å²) >= 11 is 0. The van der Waals surface area contributed by atoms with E-state index in [1.807, 2.05) is 0 Å². The lowest BCUT2D eigenvalue weighted by molar-refractivity contribution is 0.0598. The molecule has 2 unspecified atom stereocenters. The fourth-order valence-corrected chi connectivity index (χ4v) is 3.82. The molecule has 2 fully saturated rings. The second kappa shape index (κ2) is 5.92. The van der Waals surface area contributed by atoms with Crippen LogP contribution in [0.25, 0.3) is 0 Å². The average Bonchev–Trinajstić information content (AvgIpc) is 2.32. The Hall–Kier alpha value is -0.0800. The van der Waals surface area contributed by atoms with Crippen molar-refractivity contribution in [2.24, 2.45) is 11.3 Å². The zero-order chi connectivity index (χ0) is 13.2. The molecule has 1 saturated carbocycles. The Bertz CT molecular complexity index is 252. The number of rotatable bonds is 3. The van der Waals surface area contributed by atoms with Crippen LogP contribution in [-0.4, -0.2) is 36.6 Å². The van der Waals surface area contributed by atoms with E-state index in [1.165, 1.54) is 45.2 Å². The Balaban J connectivity index is 1.82. The molecule has 18 heavy (non-hydrogen) atoms. The minimum atomic E-state index is 0.601. The molecular formula is C16H32N2. The van der Waals surface area contributed by atoms with E-state index in [1.54, 1.807) is 0 Å². The second-order valence-corrected chi connectivity index (χ2v) is 7.32. The third-order valence-electron chi connectivity index (χ3n) is 5.23. The van der Waals surface area contributed by atoms with Crippen molar-refractivity contribution in [2.75, 3.05) is 19.6 Å². The van der Waals surface area contributed by atoms with Gasteiger partial charge in [0.05, 0.1) is 0 Å². The summed E-state index contributed by atoms with van der Waals surface area (Å²) in [7, 11) is 0. The molecule has 1 N–H and O–H groups in total. The molecule has 1 aliphatic carbocycles. The molecule has 106 valence electrons. The molecule has 0 spiro atoms. The highest BCUT2D eigenvalue weighted by Crippen LogP contribution is 2.37. The largest absolute Gasteiger partial charge is 0.314 e. The molecule has 0 aromatic rings. The predicted octanol–water partition coefficient (Wildman–Crippen LogP) is 3.28. The van der Waals surface area contributed by atoms with Crippen LogP contribution in [0.2, 0.25) is 0 Å². The molecule has 0 bridgehead atoms. The number of hydrogen-bond donors (Lipinski definition) is 1. The summed E-state index contributed by atoms with van der Waals surface area (Å²) in [6.07, 6.45) is 7.02. The van der Waals surface area contributed by atoms with Gasteiger partial charge in [0.1, 0.15) is 0 Å². The van der Waals surface area contributed by atoms with Gasteiger partial charge in [-0.05, 0) is 56.5 Å². The molecule has 2 aliphatic rings. The zero-order valence-corrected chi connectivity index (χ0v) is 12.8. The van der Waals surface area contributed by atoms with E-state index < -0.39 is 0 Å². The van der Waals surface area contributed by atoms with Crippen LogP contribution in [0, 0.1) is 11.3 Å². The molecule has 0 aromatic heterocycles. The van der Waals surface area contributed by atoms with Crippen LogP contribution in [0.3, 0.4) is 0 Å². The van der Waals surface area contributed by atoms with E-state index in [0.29, 0.717) is 5.41 Å². The van der Waals surface area contributed by atoms with E-state index in [-0.39, 0.29) is 0 Å². The number of likely N-dealkylation sites (tertiary alicyclic amines) is 1. The van der Waals surface area contributed by atoms with Crippen LogP contribution in [0.5, 0.6) is 0 Å². The van der Waals surface area contributed by atoms with E-state index in [2.05, 4.69) is 37.9 Å². The maximum Gasteiger partial charge on any atom is 0.0117 e. The fraction of sp³-hybridized carbons (Fsp3) is 1.00. The smallest absolute Gasteiger partial charge is 0.0117 e. The normalized spacial score (nSPS) is 34.7. The molecule has 2 rings (SSSR count). The Morgan fingerprint density at radius 1 is 1.17 bits per heavy atom. The first-order chi connectivity index (χ1) is 8.52. The molecule has 1 heterocycles. The molecule has 0 radical (unpaired) electrons. The predicted molar refractivity (Wildman–Crippen MR) is 78.9 cm³/mol. The minimum Gasteiger partial charge on any atom is -0.314 e. The topological polar surface area (TPSA) is 15.3 Å². The van der Waals surface area contributed by atoms with Crippen LogP contribution in [0.4, 0.5) is 0 Å². The van der Waals surface area contributed by atoms with Gasteiger partial charge in [-0.25, -0.2) is 0 Å². The Morgan fingerprint density at radius 3 is 2.39 bits per heavy atom. The van der Waals surface area contributed by atoms with Gasteiger partial charge in [-0.2, -0.15) is 0 Å². The molecular weight excluding hydrogens is 220 g/mol. The van der Waals surface area contributed by atoms with Crippen molar-refractivity contribution in [1.82, 2.24) is 10.2 Å². The van der Waals surface area contributed by atoms with Crippen molar-refractivity contribution in [3.8, 4) is 0 Å². The summed E-state index contributed by atoms with van der Waals surface area (Å²) in [5.41, 5.74) is 0.601. The van der Waals surface area contributed by atoms with Crippen molar-refractivity contribution in [3.05, 3.63) is 0 Å². The molecule has 2 heteroatoms. The molecule has 1 aliphatic heterocycles. The first-order valence-corrected chi connectivity index (χ1v) is 7.99. The second-order valence-electron chi connectivity index (χ2n) is 7.32. The minimum absolute atomic E-state index is 0.601. The van der Waals surface area contributed by atoms with Crippen LogP contribution >= 0.6 is 0 Å². The van der Waals surface area contributed by atoms with E-state index in [4.69, 9.17) is 0 Å². The van der Waals surface area contributed by atoms with Crippen LogP contribution < -0.4 is 5.32 Å². The van der Waals surface area contributed by atoms with Gasteiger partial charge >= 0.3 is 0 Å². The molecule has 0 aromatic carbocycles. The van der Waals surface area contributed by atoms with Gasteiger partial charge in [-0.15, -0.1) is 0 Å². The summed E-state index contributed by atoms with van der Waals surface area (Å²) < 4.78 is 0. The number of nitrogens with one attached hydrogen (secondary N) is 1. The maximum absolute atomic E-state index is 3.64. The number of nitrogens with zero attached hydrogens (tertiary/aromatic N) is 1. The molecule has 1 saturated heterocycles. The quantitative estimate of drug-likeness (QED) is 0.829. The lowest BCUT2D eigenvalue weighted by Gasteiger charge is -2.45. The maximum atomic E-state index is 3.64. The van der Waals surface area contributed by atoms with Crippen molar-refractivity contribution in [1.29, 1.82) is 0 Å². The monoisotopic (exact) mass is 252 g/mol. The van der Waals surface area contributed by atoms with Gasteiger partial charge in [0.15, 0.2) is 0 Å². The Labute approximate surface area is 114 Å². The van der Waals surface area contributed by atoms with Crippen molar-refractivity contribution >= 4 is 0 Å². The van der Waals surface area contributed by atoms with E-state index in [9.17, 15) is 0 Å². The van der Waals surface area contributed by atoms with Gasteiger partial charge in [-0.3, -0.25) is 0 Å². The molecule has 0 amide bonds. The van der Waals surface area contributed by atoms with Gasteiger partial charge in [0.2, 0.25) is 0 Å². The van der Waals surface area contributed by atoms with Crippen LogP contribution in [-0.2, 0) is 0 Å². The SMILES string of the molecule is CCNC1CCN(C2CCC(C)(C)CC2)CC1C. The summed E-state index contributed by atoms with van der Waals surface area (Å²) in [4.78, 5) is 2.79. The lowest BCUT2D eigenvalue weighted by atomic mass is 9.74. The van der Waals surface area contributed by atoms with Crippen molar-refractivity contribution in [3.63, 3.8) is 0 Å². The molecule has 2 atom stereocenters. The number of piperidine rings is 1. The third kappa shape index (κ3) is 3.48. The first-order valence-electron chi connectivity index (χ1n) is 7.99. The highest BCUT2D eigenvalue weighted by molar-refractivity contribution is 4.89. The van der Waals surface area contributed by atoms with Gasteiger partial charge < -0.3 is 10.2 Å². The third-order valence-corrected chi connectivity index (χ3v) is 5.23. The summed E-state index contributed by atoms with van der Waals surface area (Å²) in [6.45, 7) is 13.3. The molecule has 2 nitrogen and oxygen atoms in total. The highest BCUT2D eigenvalue weighted by Gasteiger charge is 2.33. The number of hydrogen-bond acceptors (Lipinski definition) is 2. The van der Waals surface area contributed by atoms with Gasteiger partial charge in [0, 0.05) is 18.6 Å². The summed E-state index contributed by atoms with van der Waals surface area (Å²) in [5, 5.41) is 3.64. The standard InChI is InChI=1S/C16H32N2/c1-5-17-15-8-11-18(12-13(15)2)14-6-9-16(3,4)10-7-14/h13-15,17H,5-12H2,1-4H3. The summed E-state index contributed by atoms with van der Waals surface area (Å²) in [6, 6.07) is 1.63. The van der Waals surface area contributed by atoms with Crippen LogP contribution in [0.15, 0.2) is 0 Å². The van der Waals surface area contributed by atoms with E-state index in [0.717, 1.165) is 24.5 Å². The van der Waals surface area contributed by atoms with E-state index >= 15 is 0 Å². The average molecular weight is 252 g/mol. The Morgan fingerprint density at radius 2 is 1.83 bits per heavy atom. The Kier molecular flexibility index (Phi) is 4.71. The summed E-state index contributed by atoms with van der Waals surface area (Å²) in [5.74, 6) is 0.814. The van der Waals surface area contributed by atoms with Gasteiger partial charge in [-0.1, -0.05) is 27.7 Å². The zero-order valence-electron chi connectivity index (χ0n) is 12.8. The fourth-order valence-electron chi connectivity index (χ4n) is 3.82. The van der Waals surface area contributed by atoms with Gasteiger partial charge in [0.25, 0.3) is 0 Å². The van der Waals surface area contributed by atoms with Crippen LogP contribution in [0.1, 0.15) is 59.8 Å².